The molecular formula is C21H34N4O12. The molecule has 0 atom stereocenters. The van der Waals surface area contributed by atoms with Gasteiger partial charge in [-0.15, -0.1) is 0 Å². The maximum Gasteiger partial charge on any atom is 0.253 e. The van der Waals surface area contributed by atoms with Crippen LogP contribution in [0.5, 0.6) is 0 Å². The summed E-state index contributed by atoms with van der Waals surface area (Å²) in [5.74, 6) is -3.69. The summed E-state index contributed by atoms with van der Waals surface area (Å²) < 4.78 is 0. The van der Waals surface area contributed by atoms with Gasteiger partial charge in [-0.3, -0.25) is 14.4 Å². The topological polar surface area (TPSA) is 295 Å². The first-order valence-electron chi connectivity index (χ1n) is 10.8. The normalized spacial score (nSPS) is 12.2. The number of nitrogens with one attached hydrogen (secondary N) is 3. The zero-order valence-corrected chi connectivity index (χ0v) is 19.8. The van der Waals surface area contributed by atoms with Gasteiger partial charge in [0.25, 0.3) is 17.7 Å². The SMILES string of the molecule is Nc1cc(C(=O)NC(CO)(CO)CO)c(C(=O)NC(CO)(CO)CO)c(C(=O)NC(CO)(CO)CO)c1. The number of aliphatic hydroxyl groups is 9. The van der Waals surface area contributed by atoms with Crippen molar-refractivity contribution in [1.82, 2.24) is 16.0 Å². The van der Waals surface area contributed by atoms with Crippen LogP contribution in [0.15, 0.2) is 12.1 Å². The third-order valence-electron chi connectivity index (χ3n) is 5.74. The van der Waals surface area contributed by atoms with E-state index in [9.17, 15) is 60.3 Å². The maximum absolute atomic E-state index is 13.3. The third kappa shape index (κ3) is 7.10. The fraction of sp³-hybridized carbons (Fsp3) is 0.571. The van der Waals surface area contributed by atoms with E-state index in [0.717, 1.165) is 12.1 Å². The predicted molar refractivity (Wildman–Crippen MR) is 125 cm³/mol. The van der Waals surface area contributed by atoms with Crippen molar-refractivity contribution in [2.45, 2.75) is 16.6 Å². The summed E-state index contributed by atoms with van der Waals surface area (Å²) in [7, 11) is 0. The van der Waals surface area contributed by atoms with E-state index >= 15 is 0 Å². The Bertz CT molecular complexity index is 866. The lowest BCUT2D eigenvalue weighted by Gasteiger charge is -2.32. The van der Waals surface area contributed by atoms with Crippen molar-refractivity contribution >= 4 is 23.4 Å². The van der Waals surface area contributed by atoms with Crippen LogP contribution in [0.1, 0.15) is 31.1 Å². The first-order chi connectivity index (χ1) is 17.4. The van der Waals surface area contributed by atoms with Crippen LogP contribution in [0.25, 0.3) is 0 Å². The minimum atomic E-state index is -2.00. The number of carbonyl (C=O) groups excluding carboxylic acids is 3. The molecule has 16 heteroatoms. The highest BCUT2D eigenvalue weighted by atomic mass is 16.3. The molecule has 0 aliphatic heterocycles. The number of carbonyl (C=O) groups is 3. The monoisotopic (exact) mass is 534 g/mol. The van der Waals surface area contributed by atoms with Crippen molar-refractivity contribution in [3.05, 3.63) is 28.8 Å². The van der Waals surface area contributed by atoms with E-state index < -0.39 is 110 Å². The molecule has 0 unspecified atom stereocenters. The first-order valence-corrected chi connectivity index (χ1v) is 10.8. The second-order valence-corrected chi connectivity index (χ2v) is 8.62. The van der Waals surface area contributed by atoms with Crippen LogP contribution < -0.4 is 21.7 Å². The van der Waals surface area contributed by atoms with Gasteiger partial charge in [0.1, 0.15) is 16.6 Å². The molecule has 0 saturated heterocycles. The Morgan fingerprint density at radius 3 is 1.03 bits per heavy atom. The van der Waals surface area contributed by atoms with Crippen LogP contribution >= 0.6 is 0 Å². The molecule has 1 aromatic rings. The minimum Gasteiger partial charge on any atom is -0.399 e. The fourth-order valence-corrected chi connectivity index (χ4v) is 2.99. The average molecular weight is 535 g/mol. The van der Waals surface area contributed by atoms with Gasteiger partial charge in [0.15, 0.2) is 0 Å². The van der Waals surface area contributed by atoms with Crippen molar-refractivity contribution < 1.29 is 60.3 Å². The van der Waals surface area contributed by atoms with Gasteiger partial charge in [-0.25, -0.2) is 0 Å². The van der Waals surface area contributed by atoms with Gasteiger partial charge in [0, 0.05) is 5.69 Å². The molecule has 1 aromatic carbocycles. The molecule has 16 nitrogen and oxygen atoms in total. The average Bonchev–Trinajstić information content (AvgIpc) is 2.92. The molecule has 0 heterocycles. The zero-order valence-electron chi connectivity index (χ0n) is 19.8. The summed E-state index contributed by atoms with van der Waals surface area (Å²) in [5, 5.41) is 92.5. The minimum absolute atomic E-state index is 0.255. The Morgan fingerprint density at radius 2 is 0.784 bits per heavy atom. The Labute approximate surface area is 211 Å². The molecule has 0 spiro atoms. The number of rotatable bonds is 15. The molecular weight excluding hydrogens is 500 g/mol. The second-order valence-electron chi connectivity index (χ2n) is 8.62. The largest absolute Gasteiger partial charge is 0.399 e. The summed E-state index contributed by atoms with van der Waals surface area (Å²) in [6.45, 7) is -8.49. The molecule has 37 heavy (non-hydrogen) atoms. The zero-order chi connectivity index (χ0) is 28.4. The number of nitrogens with two attached hydrogens (primary N) is 1. The van der Waals surface area contributed by atoms with E-state index in [2.05, 4.69) is 16.0 Å². The van der Waals surface area contributed by atoms with Crippen LogP contribution in [-0.4, -0.2) is 140 Å². The van der Waals surface area contributed by atoms with E-state index in [4.69, 9.17) is 5.73 Å². The first kappa shape index (κ1) is 32.1. The number of amides is 3. The van der Waals surface area contributed by atoms with Crippen molar-refractivity contribution in [3.63, 3.8) is 0 Å². The number of hydrogen-bond acceptors (Lipinski definition) is 13. The maximum atomic E-state index is 13.3. The molecule has 0 radical (unpaired) electrons. The summed E-state index contributed by atoms with van der Waals surface area (Å²) >= 11 is 0. The van der Waals surface area contributed by atoms with Gasteiger partial charge < -0.3 is 67.6 Å². The summed E-state index contributed by atoms with van der Waals surface area (Å²) in [6.07, 6.45) is 0. The molecule has 0 aliphatic carbocycles. The van der Waals surface area contributed by atoms with Gasteiger partial charge in [0.2, 0.25) is 0 Å². The highest BCUT2D eigenvalue weighted by molar-refractivity contribution is 6.15. The molecule has 0 bridgehead atoms. The van der Waals surface area contributed by atoms with Crippen LogP contribution in [0, 0.1) is 0 Å². The third-order valence-corrected chi connectivity index (χ3v) is 5.74. The van der Waals surface area contributed by atoms with Gasteiger partial charge in [-0.05, 0) is 12.1 Å². The highest BCUT2D eigenvalue weighted by Gasteiger charge is 2.38. The molecule has 0 aliphatic rings. The Balaban J connectivity index is 3.82. The number of aliphatic hydroxyl groups excluding tert-OH is 9. The standard InChI is InChI=1S/C21H34N4O12/c22-12-1-13(16(35)23-19(3-26,4-27)5-28)15(18(37)25-21(9-32,10-33)11-34)14(2-12)17(36)24-20(6-29,7-30)8-31/h1-2,26-34H,3-11,22H2,(H,23,35)(H,24,36)(H,25,37). The van der Waals surface area contributed by atoms with Crippen LogP contribution in [0.4, 0.5) is 5.69 Å². The van der Waals surface area contributed by atoms with Gasteiger partial charge >= 0.3 is 0 Å². The predicted octanol–water partition coefficient (Wildman–Crippen LogP) is -6.39. The fourth-order valence-electron chi connectivity index (χ4n) is 2.99. The number of hydrogen-bond donors (Lipinski definition) is 13. The van der Waals surface area contributed by atoms with E-state index in [1.54, 1.807) is 0 Å². The second kappa shape index (κ2) is 13.6. The molecule has 1 rings (SSSR count). The summed E-state index contributed by atoms with van der Waals surface area (Å²) in [4.78, 5) is 39.6. The molecule has 210 valence electrons. The number of nitrogen functional groups attached to an aromatic ring is 1. The van der Waals surface area contributed by atoms with E-state index in [0.29, 0.717) is 0 Å². The van der Waals surface area contributed by atoms with E-state index in [-0.39, 0.29) is 5.69 Å². The van der Waals surface area contributed by atoms with Gasteiger partial charge in [-0.2, -0.15) is 0 Å². The van der Waals surface area contributed by atoms with Crippen molar-refractivity contribution in [1.29, 1.82) is 0 Å². The quantitative estimate of drug-likeness (QED) is 0.0933. The molecule has 3 amide bonds. The molecule has 0 saturated carbocycles. The smallest absolute Gasteiger partial charge is 0.253 e. The Morgan fingerprint density at radius 1 is 0.541 bits per heavy atom. The Kier molecular flexibility index (Phi) is 11.8. The molecule has 0 fully saturated rings. The number of anilines is 1. The summed E-state index contributed by atoms with van der Waals surface area (Å²) in [5.41, 5.74) is -2.35. The lowest BCUT2D eigenvalue weighted by molar-refractivity contribution is 0.0355. The van der Waals surface area contributed by atoms with Crippen LogP contribution in [0.2, 0.25) is 0 Å². The summed E-state index contributed by atoms with van der Waals surface area (Å²) in [6, 6.07) is 1.88. The van der Waals surface area contributed by atoms with Gasteiger partial charge in [-0.1, -0.05) is 0 Å². The molecule has 0 aromatic heterocycles. The van der Waals surface area contributed by atoms with Crippen LogP contribution in [0.3, 0.4) is 0 Å². The molecule has 14 N–H and O–H groups in total. The Hall–Kier alpha value is -2.93. The van der Waals surface area contributed by atoms with Crippen molar-refractivity contribution in [2.75, 3.05) is 65.2 Å². The highest BCUT2D eigenvalue weighted by Crippen LogP contribution is 2.23. The lowest BCUT2D eigenvalue weighted by Crippen LogP contribution is -2.59. The number of benzene rings is 1. The van der Waals surface area contributed by atoms with E-state index in [1.807, 2.05) is 0 Å². The van der Waals surface area contributed by atoms with Crippen LogP contribution in [-0.2, 0) is 0 Å². The van der Waals surface area contributed by atoms with Gasteiger partial charge in [0.05, 0.1) is 76.2 Å². The van der Waals surface area contributed by atoms with E-state index in [1.165, 1.54) is 0 Å². The van der Waals surface area contributed by atoms with Crippen molar-refractivity contribution in [3.8, 4) is 0 Å². The lowest BCUT2D eigenvalue weighted by atomic mass is 9.93. The van der Waals surface area contributed by atoms with Crippen molar-refractivity contribution in [2.24, 2.45) is 0 Å².